The minimum Gasteiger partial charge on any atom is -0.354 e. The maximum atomic E-state index is 11.8. The lowest BCUT2D eigenvalue weighted by Gasteiger charge is -2.28. The normalized spacial score (nSPS) is 25.8. The van der Waals surface area contributed by atoms with Crippen LogP contribution in [0.5, 0.6) is 0 Å². The molecule has 1 aliphatic rings. The zero-order chi connectivity index (χ0) is 13.5. The molecule has 1 rings (SSSR count). The molecule has 0 radical (unpaired) electrons. The molecule has 0 aromatic heterocycles. The summed E-state index contributed by atoms with van der Waals surface area (Å²) in [6.07, 6.45) is 4.11. The van der Waals surface area contributed by atoms with Gasteiger partial charge in [0.2, 0.25) is 0 Å². The van der Waals surface area contributed by atoms with Gasteiger partial charge in [-0.25, -0.2) is 4.79 Å². The maximum Gasteiger partial charge on any atom is 0.315 e. The van der Waals surface area contributed by atoms with Gasteiger partial charge in [0, 0.05) is 20.3 Å². The summed E-state index contributed by atoms with van der Waals surface area (Å²) >= 11 is 0. The van der Waals surface area contributed by atoms with Crippen molar-refractivity contribution >= 4 is 6.03 Å². The number of hydrogen-bond acceptors (Lipinski definition) is 3. The van der Waals surface area contributed by atoms with Crippen LogP contribution in [0.1, 0.15) is 39.5 Å². The van der Waals surface area contributed by atoms with E-state index in [9.17, 15) is 4.79 Å². The number of rotatable bonds is 5. The SMILES string of the molecule is COC(OC)C(C)NC(=O)NC1CCC(C)CC1. The number of amides is 2. The van der Waals surface area contributed by atoms with Gasteiger partial charge in [0.05, 0.1) is 6.04 Å². The van der Waals surface area contributed by atoms with Gasteiger partial charge >= 0.3 is 6.03 Å². The summed E-state index contributed by atoms with van der Waals surface area (Å²) in [7, 11) is 3.12. The first kappa shape index (κ1) is 15.2. The second-order valence-corrected chi connectivity index (χ2v) is 5.20. The van der Waals surface area contributed by atoms with Crippen LogP contribution in [0, 0.1) is 5.92 Å². The second kappa shape index (κ2) is 7.59. The van der Waals surface area contributed by atoms with Crippen molar-refractivity contribution in [3.8, 4) is 0 Å². The molecule has 0 heterocycles. The molecular formula is C13H26N2O3. The average Bonchev–Trinajstić information content (AvgIpc) is 2.33. The zero-order valence-corrected chi connectivity index (χ0v) is 11.9. The first-order valence-electron chi connectivity index (χ1n) is 6.69. The molecule has 1 atom stereocenters. The van der Waals surface area contributed by atoms with Crippen molar-refractivity contribution in [3.05, 3.63) is 0 Å². The van der Waals surface area contributed by atoms with Gasteiger partial charge in [-0.3, -0.25) is 0 Å². The molecule has 0 spiro atoms. The van der Waals surface area contributed by atoms with Crippen LogP contribution >= 0.6 is 0 Å². The molecule has 1 saturated carbocycles. The van der Waals surface area contributed by atoms with Crippen LogP contribution in [-0.4, -0.2) is 38.6 Å². The Morgan fingerprint density at radius 2 is 1.72 bits per heavy atom. The quantitative estimate of drug-likeness (QED) is 0.740. The smallest absolute Gasteiger partial charge is 0.315 e. The number of nitrogens with one attached hydrogen (secondary N) is 2. The first-order chi connectivity index (χ1) is 8.56. The summed E-state index contributed by atoms with van der Waals surface area (Å²) in [5, 5.41) is 5.85. The van der Waals surface area contributed by atoms with Gasteiger partial charge in [0.15, 0.2) is 6.29 Å². The average molecular weight is 258 g/mol. The molecule has 5 heteroatoms. The molecule has 1 fully saturated rings. The van der Waals surface area contributed by atoms with Crippen molar-refractivity contribution < 1.29 is 14.3 Å². The largest absolute Gasteiger partial charge is 0.354 e. The van der Waals surface area contributed by atoms with E-state index < -0.39 is 6.29 Å². The molecule has 1 aliphatic carbocycles. The minimum atomic E-state index is -0.415. The highest BCUT2D eigenvalue weighted by Crippen LogP contribution is 2.23. The van der Waals surface area contributed by atoms with Crippen molar-refractivity contribution in [2.24, 2.45) is 5.92 Å². The third-order valence-electron chi connectivity index (χ3n) is 3.58. The summed E-state index contributed by atoms with van der Waals surface area (Å²) in [5.74, 6) is 0.788. The monoisotopic (exact) mass is 258 g/mol. The fourth-order valence-corrected chi connectivity index (χ4v) is 2.41. The Balaban J connectivity index is 2.28. The number of carbonyl (C=O) groups is 1. The maximum absolute atomic E-state index is 11.8. The van der Waals surface area contributed by atoms with Gasteiger partial charge < -0.3 is 20.1 Å². The van der Waals surface area contributed by atoms with Crippen molar-refractivity contribution in [1.82, 2.24) is 10.6 Å². The van der Waals surface area contributed by atoms with E-state index in [-0.39, 0.29) is 12.1 Å². The molecule has 0 aromatic carbocycles. The molecule has 2 amide bonds. The van der Waals surface area contributed by atoms with E-state index in [2.05, 4.69) is 17.6 Å². The van der Waals surface area contributed by atoms with Gasteiger partial charge in [-0.15, -0.1) is 0 Å². The fourth-order valence-electron chi connectivity index (χ4n) is 2.41. The van der Waals surface area contributed by atoms with E-state index in [1.807, 2.05) is 6.92 Å². The minimum absolute atomic E-state index is 0.138. The van der Waals surface area contributed by atoms with Crippen LogP contribution < -0.4 is 10.6 Å². The Bertz CT molecular complexity index is 249. The Labute approximate surface area is 110 Å². The Hall–Kier alpha value is -0.810. The Morgan fingerprint density at radius 3 is 2.22 bits per heavy atom. The zero-order valence-electron chi connectivity index (χ0n) is 11.9. The molecule has 0 aromatic rings. The van der Waals surface area contributed by atoms with Gasteiger partial charge in [0.25, 0.3) is 0 Å². The Kier molecular flexibility index (Phi) is 6.43. The third kappa shape index (κ3) is 4.82. The lowest BCUT2D eigenvalue weighted by atomic mass is 9.87. The van der Waals surface area contributed by atoms with Crippen LogP contribution in [0.25, 0.3) is 0 Å². The number of urea groups is 1. The van der Waals surface area contributed by atoms with Crippen LogP contribution in [-0.2, 0) is 9.47 Å². The number of methoxy groups -OCH3 is 2. The molecule has 1 unspecified atom stereocenters. The van der Waals surface area contributed by atoms with Crippen LogP contribution in [0.4, 0.5) is 4.79 Å². The molecule has 0 saturated heterocycles. The molecule has 2 N–H and O–H groups in total. The predicted molar refractivity (Wildman–Crippen MR) is 70.4 cm³/mol. The second-order valence-electron chi connectivity index (χ2n) is 5.20. The van der Waals surface area contributed by atoms with Gasteiger partial charge in [-0.05, 0) is 38.5 Å². The highest BCUT2D eigenvalue weighted by atomic mass is 16.7. The number of carbonyl (C=O) groups excluding carboxylic acids is 1. The lowest BCUT2D eigenvalue weighted by Crippen LogP contribution is -2.50. The lowest BCUT2D eigenvalue weighted by molar-refractivity contribution is -0.117. The molecule has 0 bridgehead atoms. The van der Waals surface area contributed by atoms with E-state index in [1.165, 1.54) is 12.8 Å². The van der Waals surface area contributed by atoms with E-state index in [0.29, 0.717) is 6.04 Å². The number of ether oxygens (including phenoxy) is 2. The van der Waals surface area contributed by atoms with E-state index >= 15 is 0 Å². The van der Waals surface area contributed by atoms with Gasteiger partial charge in [-0.1, -0.05) is 6.92 Å². The van der Waals surface area contributed by atoms with Crippen LogP contribution in [0.3, 0.4) is 0 Å². The van der Waals surface area contributed by atoms with Crippen molar-refractivity contribution in [3.63, 3.8) is 0 Å². The third-order valence-corrected chi connectivity index (χ3v) is 3.58. The highest BCUT2D eigenvalue weighted by Gasteiger charge is 2.22. The molecule has 18 heavy (non-hydrogen) atoms. The molecule has 5 nitrogen and oxygen atoms in total. The van der Waals surface area contributed by atoms with Crippen molar-refractivity contribution in [2.75, 3.05) is 14.2 Å². The molecule has 0 aliphatic heterocycles. The first-order valence-corrected chi connectivity index (χ1v) is 6.69. The summed E-state index contributed by atoms with van der Waals surface area (Å²) < 4.78 is 10.2. The Morgan fingerprint density at radius 1 is 1.17 bits per heavy atom. The van der Waals surface area contributed by atoms with Crippen molar-refractivity contribution in [1.29, 1.82) is 0 Å². The number of hydrogen-bond donors (Lipinski definition) is 2. The van der Waals surface area contributed by atoms with E-state index in [1.54, 1.807) is 14.2 Å². The van der Waals surface area contributed by atoms with Crippen LogP contribution in [0.2, 0.25) is 0 Å². The van der Waals surface area contributed by atoms with Gasteiger partial charge in [-0.2, -0.15) is 0 Å². The van der Waals surface area contributed by atoms with Gasteiger partial charge in [0.1, 0.15) is 0 Å². The predicted octanol–water partition coefficient (Wildman–Crippen LogP) is 1.87. The summed E-state index contributed by atoms with van der Waals surface area (Å²) in [5.41, 5.74) is 0. The topological polar surface area (TPSA) is 59.6 Å². The summed E-state index contributed by atoms with van der Waals surface area (Å²) in [6, 6.07) is -0.0133. The molecule has 106 valence electrons. The van der Waals surface area contributed by atoms with E-state index in [0.717, 1.165) is 18.8 Å². The molecular weight excluding hydrogens is 232 g/mol. The summed E-state index contributed by atoms with van der Waals surface area (Å²) in [6.45, 7) is 4.13. The highest BCUT2D eigenvalue weighted by molar-refractivity contribution is 5.74. The fraction of sp³-hybridized carbons (Fsp3) is 0.923. The summed E-state index contributed by atoms with van der Waals surface area (Å²) in [4.78, 5) is 11.8. The standard InChI is InChI=1S/C13H26N2O3/c1-9-5-7-11(8-6-9)15-13(16)14-10(2)12(17-3)18-4/h9-12H,5-8H2,1-4H3,(H2,14,15,16). The van der Waals surface area contributed by atoms with Crippen molar-refractivity contribution in [2.45, 2.75) is 57.9 Å². The van der Waals surface area contributed by atoms with E-state index in [4.69, 9.17) is 9.47 Å². The van der Waals surface area contributed by atoms with Crippen LogP contribution in [0.15, 0.2) is 0 Å².